The zero-order valence-electron chi connectivity index (χ0n) is 10.4. The molecule has 1 nitrogen and oxygen atoms in total. The lowest BCUT2D eigenvalue weighted by Gasteiger charge is -2.20. The maximum Gasteiger partial charge on any atom is 0.0377 e. The molecule has 0 fully saturated rings. The van der Waals surface area contributed by atoms with E-state index in [-0.39, 0.29) is 0 Å². The third kappa shape index (κ3) is 3.26. The van der Waals surface area contributed by atoms with E-state index in [9.17, 15) is 0 Å². The van der Waals surface area contributed by atoms with E-state index in [2.05, 4.69) is 57.3 Å². The molecule has 0 spiro atoms. The number of benzene rings is 1. The largest absolute Gasteiger partial charge is 0.382 e. The second kappa shape index (κ2) is 5.79. The van der Waals surface area contributed by atoms with Gasteiger partial charge >= 0.3 is 0 Å². The lowest BCUT2D eigenvalue weighted by molar-refractivity contribution is 0.669. The van der Waals surface area contributed by atoms with Gasteiger partial charge in [-0.25, -0.2) is 0 Å². The molecule has 1 aromatic carbocycles. The number of hydrogen-bond donors (Lipinski definition) is 1. The molecule has 84 valence electrons. The quantitative estimate of drug-likeness (QED) is 0.750. The van der Waals surface area contributed by atoms with E-state index < -0.39 is 0 Å². The number of para-hydroxylation sites is 1. The summed E-state index contributed by atoms with van der Waals surface area (Å²) in [5.41, 5.74) is 2.73. The molecule has 0 aliphatic carbocycles. The molecule has 1 rings (SSSR count). The molecule has 0 aromatic heterocycles. The smallest absolute Gasteiger partial charge is 0.0377 e. The maximum absolute atomic E-state index is 3.63. The molecule has 0 saturated carbocycles. The van der Waals surface area contributed by atoms with Gasteiger partial charge in [0.15, 0.2) is 0 Å². The highest BCUT2D eigenvalue weighted by Crippen LogP contribution is 2.24. The second-order valence-electron chi connectivity index (χ2n) is 4.40. The van der Waals surface area contributed by atoms with Gasteiger partial charge < -0.3 is 5.32 Å². The Bertz CT molecular complexity index is 287. The van der Waals surface area contributed by atoms with Crippen LogP contribution in [0.2, 0.25) is 0 Å². The molecule has 0 heterocycles. The van der Waals surface area contributed by atoms with Crippen molar-refractivity contribution >= 4 is 5.69 Å². The van der Waals surface area contributed by atoms with Crippen molar-refractivity contribution in [2.24, 2.45) is 0 Å². The second-order valence-corrected chi connectivity index (χ2v) is 4.40. The molecule has 0 unspecified atom stereocenters. The summed E-state index contributed by atoms with van der Waals surface area (Å²) in [5, 5.41) is 3.63. The minimum absolute atomic E-state index is 0.586. The van der Waals surface area contributed by atoms with Gasteiger partial charge in [-0.05, 0) is 30.4 Å². The van der Waals surface area contributed by atoms with Gasteiger partial charge in [-0.2, -0.15) is 0 Å². The van der Waals surface area contributed by atoms with E-state index in [1.54, 1.807) is 0 Å². The molecule has 0 aliphatic heterocycles. The van der Waals surface area contributed by atoms with Crippen LogP contribution in [0.5, 0.6) is 0 Å². The van der Waals surface area contributed by atoms with Crippen molar-refractivity contribution in [3.8, 4) is 0 Å². The summed E-state index contributed by atoms with van der Waals surface area (Å²) >= 11 is 0. The molecule has 0 bridgehead atoms. The monoisotopic (exact) mass is 205 g/mol. The minimum Gasteiger partial charge on any atom is -0.382 e. The fraction of sp³-hybridized carbons (Fsp3) is 0.571. The first-order valence-corrected chi connectivity index (χ1v) is 6.04. The summed E-state index contributed by atoms with van der Waals surface area (Å²) in [7, 11) is 0. The van der Waals surface area contributed by atoms with Crippen LogP contribution in [0, 0.1) is 0 Å². The highest BCUT2D eigenvalue weighted by atomic mass is 14.9. The first-order valence-electron chi connectivity index (χ1n) is 6.04. The average molecular weight is 205 g/mol. The predicted octanol–water partition coefficient (Wildman–Crippen LogP) is 4.41. The van der Waals surface area contributed by atoms with Crippen LogP contribution in [0.4, 0.5) is 5.69 Å². The minimum atomic E-state index is 0.586. The summed E-state index contributed by atoms with van der Waals surface area (Å²) in [5.74, 6) is 0.586. The van der Waals surface area contributed by atoms with Crippen LogP contribution in [-0.2, 0) is 0 Å². The van der Waals surface area contributed by atoms with Crippen LogP contribution >= 0.6 is 0 Å². The fourth-order valence-corrected chi connectivity index (χ4v) is 1.84. The summed E-state index contributed by atoms with van der Waals surface area (Å²) in [6.45, 7) is 8.96. The molecule has 1 heteroatoms. The zero-order chi connectivity index (χ0) is 11.3. The summed E-state index contributed by atoms with van der Waals surface area (Å²) in [6, 6.07) is 9.23. The molecular weight excluding hydrogens is 182 g/mol. The van der Waals surface area contributed by atoms with E-state index in [4.69, 9.17) is 0 Å². The van der Waals surface area contributed by atoms with Crippen molar-refractivity contribution < 1.29 is 0 Å². The van der Waals surface area contributed by atoms with Crippen LogP contribution in [0.25, 0.3) is 0 Å². The van der Waals surface area contributed by atoms with Gasteiger partial charge in [0.05, 0.1) is 0 Å². The van der Waals surface area contributed by atoms with E-state index in [1.165, 1.54) is 24.1 Å². The van der Waals surface area contributed by atoms with Gasteiger partial charge in [0.2, 0.25) is 0 Å². The van der Waals surface area contributed by atoms with E-state index in [0.29, 0.717) is 12.0 Å². The van der Waals surface area contributed by atoms with Crippen LogP contribution in [-0.4, -0.2) is 6.04 Å². The Labute approximate surface area is 93.9 Å². The van der Waals surface area contributed by atoms with Crippen LogP contribution in [0.1, 0.15) is 52.0 Å². The van der Waals surface area contributed by atoms with Crippen molar-refractivity contribution in [2.75, 3.05) is 5.32 Å². The van der Waals surface area contributed by atoms with Gasteiger partial charge in [0.25, 0.3) is 0 Å². The first-order chi connectivity index (χ1) is 7.19. The number of hydrogen-bond acceptors (Lipinski definition) is 1. The lowest BCUT2D eigenvalue weighted by atomic mass is 10.0. The molecule has 0 radical (unpaired) electrons. The molecular formula is C14H23N. The topological polar surface area (TPSA) is 12.0 Å². The van der Waals surface area contributed by atoms with Crippen molar-refractivity contribution in [2.45, 2.75) is 52.5 Å². The Kier molecular flexibility index (Phi) is 4.67. The van der Waals surface area contributed by atoms with Crippen molar-refractivity contribution in [1.82, 2.24) is 0 Å². The summed E-state index contributed by atoms with van der Waals surface area (Å²) in [6.07, 6.45) is 2.37. The zero-order valence-corrected chi connectivity index (χ0v) is 10.4. The maximum atomic E-state index is 3.63. The normalized spacial score (nSPS) is 11.1. The molecule has 1 aromatic rings. The standard InChI is InChI=1S/C14H23N/c1-5-12(6-2)15-14-10-8-7-9-13(14)11(3)4/h7-12,15H,5-6H2,1-4H3. The van der Waals surface area contributed by atoms with Gasteiger partial charge in [-0.15, -0.1) is 0 Å². The van der Waals surface area contributed by atoms with E-state index in [1.807, 2.05) is 0 Å². The lowest BCUT2D eigenvalue weighted by Crippen LogP contribution is -2.18. The highest BCUT2D eigenvalue weighted by Gasteiger charge is 2.08. The van der Waals surface area contributed by atoms with Gasteiger partial charge in [0.1, 0.15) is 0 Å². The number of anilines is 1. The van der Waals surface area contributed by atoms with E-state index >= 15 is 0 Å². The van der Waals surface area contributed by atoms with E-state index in [0.717, 1.165) is 0 Å². The number of rotatable bonds is 5. The molecule has 0 atom stereocenters. The van der Waals surface area contributed by atoms with Crippen LogP contribution in [0.15, 0.2) is 24.3 Å². The Morgan fingerprint density at radius 1 is 1.07 bits per heavy atom. The van der Waals surface area contributed by atoms with Gasteiger partial charge in [-0.1, -0.05) is 45.9 Å². The van der Waals surface area contributed by atoms with Gasteiger partial charge in [-0.3, -0.25) is 0 Å². The SMILES string of the molecule is CCC(CC)Nc1ccccc1C(C)C. The van der Waals surface area contributed by atoms with Crippen LogP contribution in [0.3, 0.4) is 0 Å². The molecule has 1 N–H and O–H groups in total. The third-order valence-electron chi connectivity index (χ3n) is 2.93. The Morgan fingerprint density at radius 3 is 2.20 bits per heavy atom. The molecule has 0 saturated heterocycles. The fourth-order valence-electron chi connectivity index (χ4n) is 1.84. The summed E-state index contributed by atoms with van der Waals surface area (Å²) in [4.78, 5) is 0. The van der Waals surface area contributed by atoms with Crippen molar-refractivity contribution in [3.05, 3.63) is 29.8 Å². The number of nitrogens with one attached hydrogen (secondary N) is 1. The molecule has 0 aliphatic rings. The van der Waals surface area contributed by atoms with Crippen LogP contribution < -0.4 is 5.32 Å². The molecule has 15 heavy (non-hydrogen) atoms. The first kappa shape index (κ1) is 12.1. The summed E-state index contributed by atoms with van der Waals surface area (Å²) < 4.78 is 0. The average Bonchev–Trinajstić information content (AvgIpc) is 2.26. The van der Waals surface area contributed by atoms with Crippen molar-refractivity contribution in [1.29, 1.82) is 0 Å². The highest BCUT2D eigenvalue weighted by molar-refractivity contribution is 5.53. The predicted molar refractivity (Wildman–Crippen MR) is 68.5 cm³/mol. The Morgan fingerprint density at radius 2 is 1.67 bits per heavy atom. The van der Waals surface area contributed by atoms with Gasteiger partial charge in [0, 0.05) is 11.7 Å². The van der Waals surface area contributed by atoms with Crippen molar-refractivity contribution in [3.63, 3.8) is 0 Å². The Balaban J connectivity index is 2.83. The Hall–Kier alpha value is -0.980. The third-order valence-corrected chi connectivity index (χ3v) is 2.93. The molecule has 0 amide bonds.